The number of rotatable bonds is 9. The second-order valence-electron chi connectivity index (χ2n) is 8.03. The number of hydroxylamine groups is 2. The zero-order valence-corrected chi connectivity index (χ0v) is 19.5. The highest BCUT2D eigenvalue weighted by Crippen LogP contribution is 2.25. The molecule has 0 aliphatic heterocycles. The normalized spacial score (nSPS) is 13.6. The van der Waals surface area contributed by atoms with Crippen molar-refractivity contribution in [3.63, 3.8) is 0 Å². The molecule has 33 heavy (non-hydrogen) atoms. The molecule has 0 bridgehead atoms. The second-order valence-corrected chi connectivity index (χ2v) is 10.5. The first kappa shape index (κ1) is 24.6. The summed E-state index contributed by atoms with van der Waals surface area (Å²) in [5.41, 5.74) is 6.94. The van der Waals surface area contributed by atoms with E-state index >= 15 is 0 Å². The number of hydrogen-bond acceptors (Lipinski definition) is 7. The van der Waals surface area contributed by atoms with Crippen LogP contribution in [0.3, 0.4) is 0 Å². The van der Waals surface area contributed by atoms with Gasteiger partial charge in [-0.1, -0.05) is 30.3 Å². The van der Waals surface area contributed by atoms with E-state index in [0.717, 1.165) is 28.3 Å². The van der Waals surface area contributed by atoms with Gasteiger partial charge in [-0.05, 0) is 53.6 Å². The van der Waals surface area contributed by atoms with Gasteiger partial charge in [-0.2, -0.15) is 5.48 Å². The van der Waals surface area contributed by atoms with Gasteiger partial charge in [-0.15, -0.1) is 0 Å². The fourth-order valence-electron chi connectivity index (χ4n) is 3.53. The average Bonchev–Trinajstić information content (AvgIpc) is 2.81. The summed E-state index contributed by atoms with van der Waals surface area (Å²) >= 11 is 0. The van der Waals surface area contributed by atoms with Crippen LogP contribution in [0.4, 0.5) is 0 Å². The van der Waals surface area contributed by atoms with E-state index in [2.05, 4.69) is 5.48 Å². The zero-order chi connectivity index (χ0) is 24.2. The Bertz CT molecular complexity index is 1320. The molecule has 3 rings (SSSR count). The number of sulfone groups is 1. The predicted molar refractivity (Wildman–Crippen MR) is 125 cm³/mol. The number of hydrogen-bond donors (Lipinski definition) is 3. The largest absolute Gasteiger partial charge is 0.315 e. The predicted octanol–water partition coefficient (Wildman–Crippen LogP) is 2.02. The van der Waals surface area contributed by atoms with Crippen molar-refractivity contribution in [2.24, 2.45) is 0 Å². The molecule has 3 aromatic rings. The van der Waals surface area contributed by atoms with Crippen LogP contribution in [0.1, 0.15) is 18.9 Å². The number of nitrogens with zero attached hydrogens (tertiary/aromatic N) is 1. The van der Waals surface area contributed by atoms with E-state index in [0.29, 0.717) is 11.9 Å². The molecule has 10 heteroatoms. The van der Waals surface area contributed by atoms with Gasteiger partial charge in [0, 0.05) is 30.9 Å². The van der Waals surface area contributed by atoms with Gasteiger partial charge in [-0.3, -0.25) is 14.8 Å². The fourth-order valence-corrected chi connectivity index (χ4v) is 4.38. The number of carbonyl (C=O) groups is 1. The first-order valence-electron chi connectivity index (χ1n) is 10.2. The molecule has 0 fully saturated rings. The van der Waals surface area contributed by atoms with Gasteiger partial charge in [0.15, 0.2) is 14.6 Å². The highest BCUT2D eigenvalue weighted by molar-refractivity contribution is 7.92. The van der Waals surface area contributed by atoms with Crippen LogP contribution in [-0.2, 0) is 32.6 Å². The van der Waals surface area contributed by atoms with Gasteiger partial charge in [0.05, 0.1) is 7.11 Å². The molecular formula is C23H27N3O6S. The minimum absolute atomic E-state index is 0.00944. The zero-order valence-electron chi connectivity index (χ0n) is 18.7. The number of aryl methyl sites for hydroxylation is 1. The second kappa shape index (κ2) is 9.84. The lowest BCUT2D eigenvalue weighted by Gasteiger charge is -2.25. The monoisotopic (exact) mass is 473 g/mol. The van der Waals surface area contributed by atoms with Crippen molar-refractivity contribution in [1.29, 1.82) is 0 Å². The van der Waals surface area contributed by atoms with Crippen molar-refractivity contribution >= 4 is 26.5 Å². The summed E-state index contributed by atoms with van der Waals surface area (Å²) in [4.78, 5) is 29.8. The molecule has 3 N–H and O–H groups in total. The summed E-state index contributed by atoms with van der Waals surface area (Å²) in [5.74, 6) is -1.03. The van der Waals surface area contributed by atoms with E-state index in [1.807, 2.05) is 36.4 Å². The Morgan fingerprint density at radius 1 is 1.12 bits per heavy atom. The van der Waals surface area contributed by atoms with Crippen LogP contribution in [0, 0.1) is 0 Å². The van der Waals surface area contributed by atoms with Gasteiger partial charge >= 0.3 is 0 Å². The smallest absolute Gasteiger partial charge is 0.264 e. The van der Waals surface area contributed by atoms with Crippen molar-refractivity contribution in [3.8, 4) is 11.1 Å². The molecule has 0 aliphatic carbocycles. The van der Waals surface area contributed by atoms with Crippen molar-refractivity contribution < 1.29 is 23.3 Å². The van der Waals surface area contributed by atoms with E-state index in [4.69, 9.17) is 10.0 Å². The van der Waals surface area contributed by atoms with E-state index in [-0.39, 0.29) is 18.5 Å². The summed E-state index contributed by atoms with van der Waals surface area (Å²) in [5, 5.41) is 10.2. The number of benzene rings is 2. The Morgan fingerprint density at radius 2 is 1.79 bits per heavy atom. The summed E-state index contributed by atoms with van der Waals surface area (Å²) < 4.78 is 23.8. The highest BCUT2D eigenvalue weighted by atomic mass is 32.2. The molecule has 1 amide bonds. The first-order valence-corrected chi connectivity index (χ1v) is 12.1. The van der Waals surface area contributed by atoms with E-state index in [9.17, 15) is 18.0 Å². The molecule has 1 heterocycles. The van der Waals surface area contributed by atoms with Crippen molar-refractivity contribution in [2.45, 2.75) is 31.2 Å². The molecule has 0 aliphatic rings. The van der Waals surface area contributed by atoms with E-state index < -0.39 is 20.5 Å². The Balaban J connectivity index is 1.87. The maximum absolute atomic E-state index is 13.0. The molecule has 0 spiro atoms. The Hall–Kier alpha value is -3.05. The maximum atomic E-state index is 13.0. The third-order valence-electron chi connectivity index (χ3n) is 5.91. The Kier molecular flexibility index (Phi) is 7.33. The third kappa shape index (κ3) is 5.14. The average molecular weight is 474 g/mol. The first-order chi connectivity index (χ1) is 15.6. The third-order valence-corrected chi connectivity index (χ3v) is 7.94. The summed E-state index contributed by atoms with van der Waals surface area (Å²) in [6, 6.07) is 15.3. The molecule has 0 saturated heterocycles. The number of carbonyl (C=O) groups excluding carboxylic acids is 1. The topological polar surface area (TPSA) is 127 Å². The van der Waals surface area contributed by atoms with E-state index in [1.165, 1.54) is 17.0 Å². The van der Waals surface area contributed by atoms with Crippen LogP contribution in [0.5, 0.6) is 0 Å². The molecule has 0 saturated carbocycles. The number of nitrogens with one attached hydrogen (secondary N) is 2. The molecular weight excluding hydrogens is 446 g/mol. The number of aromatic nitrogens is 1. The molecule has 1 unspecified atom stereocenters. The number of fused-ring (bicyclic) bond motifs is 1. The van der Waals surface area contributed by atoms with E-state index in [1.54, 1.807) is 25.4 Å². The molecule has 2 aromatic carbocycles. The van der Waals surface area contributed by atoms with Crippen LogP contribution in [0.25, 0.3) is 21.9 Å². The Labute approximate surface area is 191 Å². The standard InChI is InChI=1S/C23H27N3O6S/c1-23(22(28)25-29,33(3,30)31)11-13-26-12-10-19-14-18(8-9-20(19)21(26)27)17-6-4-16(5-7-17)15-24-32-2/h4-10,12,14,24,29H,11,13,15H2,1-3H3,(H,25,28). The van der Waals surface area contributed by atoms with Gasteiger partial charge < -0.3 is 9.40 Å². The summed E-state index contributed by atoms with van der Waals surface area (Å²) in [7, 11) is -2.28. The highest BCUT2D eigenvalue weighted by Gasteiger charge is 2.43. The SMILES string of the molecule is CONCc1ccc(-c2ccc3c(=O)n(CCC(C)(C(=O)NO)S(C)(=O)=O)ccc3c2)cc1. The van der Waals surface area contributed by atoms with Gasteiger partial charge in [0.25, 0.3) is 11.5 Å². The lowest BCUT2D eigenvalue weighted by Crippen LogP contribution is -2.49. The van der Waals surface area contributed by atoms with Crippen LogP contribution in [0.15, 0.2) is 59.5 Å². The fraction of sp³-hybridized carbons (Fsp3) is 0.304. The van der Waals surface area contributed by atoms with Crippen molar-refractivity contribution in [3.05, 3.63) is 70.6 Å². The molecule has 1 aromatic heterocycles. The number of pyridine rings is 1. The molecule has 0 radical (unpaired) electrons. The van der Waals surface area contributed by atoms with Gasteiger partial charge in [0.2, 0.25) is 0 Å². The quantitative estimate of drug-likeness (QED) is 0.321. The van der Waals surface area contributed by atoms with Crippen molar-refractivity contribution in [1.82, 2.24) is 15.5 Å². The molecule has 1 atom stereocenters. The van der Waals surface area contributed by atoms with Gasteiger partial charge in [-0.25, -0.2) is 13.9 Å². The molecule has 176 valence electrons. The van der Waals surface area contributed by atoms with Crippen LogP contribution in [-0.4, -0.2) is 42.2 Å². The minimum Gasteiger partial charge on any atom is -0.315 e. The number of amides is 1. The maximum Gasteiger partial charge on any atom is 0.264 e. The van der Waals surface area contributed by atoms with Crippen molar-refractivity contribution in [2.75, 3.05) is 13.4 Å². The summed E-state index contributed by atoms with van der Waals surface area (Å²) in [6.07, 6.45) is 2.33. The minimum atomic E-state index is -3.84. The lowest BCUT2D eigenvalue weighted by atomic mass is 10.0. The van der Waals surface area contributed by atoms with Gasteiger partial charge in [0.1, 0.15) is 0 Å². The lowest BCUT2D eigenvalue weighted by molar-refractivity contribution is -0.131. The van der Waals surface area contributed by atoms with Crippen LogP contribution < -0.4 is 16.5 Å². The van der Waals surface area contributed by atoms with Crippen LogP contribution in [0.2, 0.25) is 0 Å². The Morgan fingerprint density at radius 3 is 2.39 bits per heavy atom. The molecule has 9 nitrogen and oxygen atoms in total. The summed E-state index contributed by atoms with van der Waals surface area (Å²) in [6.45, 7) is 1.81. The van der Waals surface area contributed by atoms with Crippen LogP contribution >= 0.6 is 0 Å².